The molecular weight excluding hydrogens is 337 g/mol. The van der Waals surface area contributed by atoms with E-state index in [1.54, 1.807) is 7.11 Å². The van der Waals surface area contributed by atoms with E-state index in [2.05, 4.69) is 21.2 Å². The van der Waals surface area contributed by atoms with Gasteiger partial charge in [-0.3, -0.25) is 0 Å². The van der Waals surface area contributed by atoms with Gasteiger partial charge in [0.1, 0.15) is 17.7 Å². The predicted octanol–water partition coefficient (Wildman–Crippen LogP) is 3.39. The fourth-order valence-electron chi connectivity index (χ4n) is 1.68. The van der Waals surface area contributed by atoms with Crippen LogP contribution in [0, 0.1) is 5.82 Å². The van der Waals surface area contributed by atoms with Crippen LogP contribution in [0.3, 0.4) is 0 Å². The molecule has 19 heavy (non-hydrogen) atoms. The molecule has 1 atom stereocenters. The molecule has 1 aliphatic carbocycles. The van der Waals surface area contributed by atoms with Crippen molar-refractivity contribution in [2.45, 2.75) is 25.0 Å². The lowest BCUT2D eigenvalue weighted by Gasteiger charge is -2.20. The number of halogens is 3. The van der Waals surface area contributed by atoms with Gasteiger partial charge in [-0.15, -0.1) is 0 Å². The summed E-state index contributed by atoms with van der Waals surface area (Å²) in [4.78, 5) is 0. The molecule has 1 saturated carbocycles. The Kier molecular flexibility index (Phi) is 5.45. The summed E-state index contributed by atoms with van der Waals surface area (Å²) >= 11 is 9.01. The highest BCUT2D eigenvalue weighted by atomic mass is 79.9. The lowest BCUT2D eigenvalue weighted by Crippen LogP contribution is -2.36. The predicted molar refractivity (Wildman–Crippen MR) is 76.4 cm³/mol. The monoisotopic (exact) mass is 351 g/mol. The summed E-state index contributed by atoms with van der Waals surface area (Å²) in [6.45, 7) is 1.12. The molecule has 3 nitrogen and oxygen atoms in total. The molecule has 106 valence electrons. The molecule has 1 unspecified atom stereocenters. The van der Waals surface area contributed by atoms with Gasteiger partial charge in [0.15, 0.2) is 0 Å². The SMILES string of the molecule is COCC(CNC1CC1)Oc1cc(F)c(Cl)cc1Br. The van der Waals surface area contributed by atoms with Crippen LogP contribution in [-0.2, 0) is 4.74 Å². The van der Waals surface area contributed by atoms with Crippen molar-refractivity contribution in [2.24, 2.45) is 0 Å². The summed E-state index contributed by atoms with van der Waals surface area (Å²) in [7, 11) is 1.62. The second-order valence-corrected chi connectivity index (χ2v) is 5.84. The van der Waals surface area contributed by atoms with Crippen LogP contribution in [0.4, 0.5) is 4.39 Å². The van der Waals surface area contributed by atoms with Gasteiger partial charge in [0, 0.05) is 25.8 Å². The minimum Gasteiger partial charge on any atom is -0.485 e. The van der Waals surface area contributed by atoms with Gasteiger partial charge < -0.3 is 14.8 Å². The van der Waals surface area contributed by atoms with Crippen LogP contribution in [0.25, 0.3) is 0 Å². The standard InChI is InChI=1S/C13H16BrClFNO2/c1-18-7-9(6-17-8-2-3-8)19-13-5-12(16)11(15)4-10(13)14/h4-5,8-9,17H,2-3,6-7H2,1H3. The maximum atomic E-state index is 13.4. The number of hydrogen-bond acceptors (Lipinski definition) is 3. The lowest BCUT2D eigenvalue weighted by atomic mass is 10.3. The molecule has 0 aromatic heterocycles. The van der Waals surface area contributed by atoms with Gasteiger partial charge in [-0.2, -0.15) is 0 Å². The second-order valence-electron chi connectivity index (χ2n) is 4.57. The number of rotatable bonds is 7. The Hall–Kier alpha value is -0.360. The van der Waals surface area contributed by atoms with E-state index in [0.717, 1.165) is 0 Å². The van der Waals surface area contributed by atoms with E-state index in [0.29, 0.717) is 29.4 Å². The Labute approximate surface area is 125 Å². The fourth-order valence-corrected chi connectivity index (χ4v) is 2.41. The molecule has 1 N–H and O–H groups in total. The van der Waals surface area contributed by atoms with Crippen molar-refractivity contribution in [1.29, 1.82) is 0 Å². The van der Waals surface area contributed by atoms with Crippen molar-refractivity contribution in [2.75, 3.05) is 20.3 Å². The molecule has 1 aromatic carbocycles. The highest BCUT2D eigenvalue weighted by Gasteiger charge is 2.23. The van der Waals surface area contributed by atoms with Crippen LogP contribution in [0.5, 0.6) is 5.75 Å². The Morgan fingerprint density at radius 1 is 1.53 bits per heavy atom. The van der Waals surface area contributed by atoms with Crippen LogP contribution in [-0.4, -0.2) is 32.4 Å². The third-order valence-electron chi connectivity index (χ3n) is 2.83. The van der Waals surface area contributed by atoms with Gasteiger partial charge in [0.25, 0.3) is 0 Å². The van der Waals surface area contributed by atoms with Gasteiger partial charge in [0.05, 0.1) is 16.1 Å². The molecule has 0 spiro atoms. The summed E-state index contributed by atoms with van der Waals surface area (Å²) < 4.78 is 25.0. The quantitative estimate of drug-likeness (QED) is 0.763. The number of benzene rings is 1. The maximum Gasteiger partial charge on any atom is 0.145 e. The molecule has 0 bridgehead atoms. The van der Waals surface area contributed by atoms with E-state index in [1.807, 2.05) is 0 Å². The normalized spacial score (nSPS) is 16.4. The fraction of sp³-hybridized carbons (Fsp3) is 0.538. The minimum atomic E-state index is -0.494. The Morgan fingerprint density at radius 2 is 2.26 bits per heavy atom. The molecule has 0 heterocycles. The topological polar surface area (TPSA) is 30.5 Å². The third kappa shape index (κ3) is 4.60. The van der Waals surface area contributed by atoms with Crippen LogP contribution in [0.1, 0.15) is 12.8 Å². The van der Waals surface area contributed by atoms with Crippen molar-refractivity contribution in [3.63, 3.8) is 0 Å². The Balaban J connectivity index is 2.00. The number of ether oxygens (including phenoxy) is 2. The summed E-state index contributed by atoms with van der Waals surface area (Å²) in [6.07, 6.45) is 2.25. The van der Waals surface area contributed by atoms with Crippen molar-refractivity contribution >= 4 is 27.5 Å². The zero-order chi connectivity index (χ0) is 13.8. The highest BCUT2D eigenvalue weighted by molar-refractivity contribution is 9.10. The molecule has 2 rings (SSSR count). The van der Waals surface area contributed by atoms with E-state index < -0.39 is 5.82 Å². The van der Waals surface area contributed by atoms with Crippen LogP contribution in [0.2, 0.25) is 5.02 Å². The zero-order valence-electron chi connectivity index (χ0n) is 10.6. The van der Waals surface area contributed by atoms with Crippen LogP contribution < -0.4 is 10.1 Å². The molecule has 0 radical (unpaired) electrons. The smallest absolute Gasteiger partial charge is 0.145 e. The van der Waals surface area contributed by atoms with E-state index in [4.69, 9.17) is 21.1 Å². The second kappa shape index (κ2) is 6.88. The molecule has 0 aliphatic heterocycles. The van der Waals surface area contributed by atoms with Crippen LogP contribution >= 0.6 is 27.5 Å². The third-order valence-corrected chi connectivity index (χ3v) is 3.74. The van der Waals surface area contributed by atoms with E-state index in [-0.39, 0.29) is 11.1 Å². The Morgan fingerprint density at radius 3 is 2.89 bits per heavy atom. The van der Waals surface area contributed by atoms with Crippen molar-refractivity contribution in [3.05, 3.63) is 27.4 Å². The summed E-state index contributed by atoms with van der Waals surface area (Å²) in [5.74, 6) is -0.0623. The summed E-state index contributed by atoms with van der Waals surface area (Å²) in [6, 6.07) is 3.37. The molecule has 6 heteroatoms. The number of nitrogens with one attached hydrogen (secondary N) is 1. The molecule has 0 saturated heterocycles. The molecule has 1 aromatic rings. The average molecular weight is 353 g/mol. The van der Waals surface area contributed by atoms with Crippen LogP contribution in [0.15, 0.2) is 16.6 Å². The molecule has 1 aliphatic rings. The minimum absolute atomic E-state index is 0.0682. The Bertz CT molecular complexity index is 443. The first-order valence-electron chi connectivity index (χ1n) is 6.13. The van der Waals surface area contributed by atoms with Gasteiger partial charge >= 0.3 is 0 Å². The van der Waals surface area contributed by atoms with Crippen molar-refractivity contribution in [1.82, 2.24) is 5.32 Å². The molecule has 0 amide bonds. The van der Waals surface area contributed by atoms with Gasteiger partial charge in [-0.25, -0.2) is 4.39 Å². The van der Waals surface area contributed by atoms with Crippen molar-refractivity contribution in [3.8, 4) is 5.75 Å². The molecular formula is C13H16BrClFNO2. The summed E-state index contributed by atoms with van der Waals surface area (Å²) in [5.41, 5.74) is 0. The van der Waals surface area contributed by atoms with E-state index in [1.165, 1.54) is 25.0 Å². The first-order chi connectivity index (χ1) is 9.10. The largest absolute Gasteiger partial charge is 0.485 e. The van der Waals surface area contributed by atoms with Gasteiger partial charge in [-0.1, -0.05) is 11.6 Å². The maximum absolute atomic E-state index is 13.4. The summed E-state index contributed by atoms with van der Waals surface area (Å²) in [5, 5.41) is 3.44. The first kappa shape index (κ1) is 15.0. The number of methoxy groups -OCH3 is 1. The van der Waals surface area contributed by atoms with Gasteiger partial charge in [0.2, 0.25) is 0 Å². The highest BCUT2D eigenvalue weighted by Crippen LogP contribution is 2.31. The lowest BCUT2D eigenvalue weighted by molar-refractivity contribution is 0.0797. The van der Waals surface area contributed by atoms with E-state index >= 15 is 0 Å². The zero-order valence-corrected chi connectivity index (χ0v) is 12.9. The first-order valence-corrected chi connectivity index (χ1v) is 7.30. The number of hydrogen-bond donors (Lipinski definition) is 1. The van der Waals surface area contributed by atoms with Gasteiger partial charge in [-0.05, 0) is 34.8 Å². The average Bonchev–Trinajstić information content (AvgIpc) is 3.17. The molecule has 1 fully saturated rings. The van der Waals surface area contributed by atoms with E-state index in [9.17, 15) is 4.39 Å². The van der Waals surface area contributed by atoms with Crippen molar-refractivity contribution < 1.29 is 13.9 Å².